The number of aliphatic hydroxyl groups is 1. The van der Waals surface area contributed by atoms with E-state index in [0.29, 0.717) is 0 Å². The SMILES string of the molecule is O=C(Nc1c(CO)ccc(F)c1F)OCc1ccccc1. The van der Waals surface area contributed by atoms with Gasteiger partial charge < -0.3 is 9.84 Å². The van der Waals surface area contributed by atoms with Gasteiger partial charge in [0.1, 0.15) is 6.61 Å². The number of amides is 1. The van der Waals surface area contributed by atoms with Crippen LogP contribution in [0.1, 0.15) is 11.1 Å². The minimum absolute atomic E-state index is 0.00192. The lowest BCUT2D eigenvalue weighted by molar-refractivity contribution is 0.155. The third-order valence-electron chi connectivity index (χ3n) is 2.79. The lowest BCUT2D eigenvalue weighted by Crippen LogP contribution is -2.16. The molecule has 0 aliphatic carbocycles. The molecule has 0 heterocycles. The maximum absolute atomic E-state index is 13.6. The van der Waals surface area contributed by atoms with Crippen LogP contribution in [0.15, 0.2) is 42.5 Å². The summed E-state index contributed by atoms with van der Waals surface area (Å²) in [4.78, 5) is 11.6. The van der Waals surface area contributed by atoms with Crippen molar-refractivity contribution in [1.82, 2.24) is 0 Å². The molecule has 0 bridgehead atoms. The Morgan fingerprint density at radius 1 is 1.14 bits per heavy atom. The van der Waals surface area contributed by atoms with Gasteiger partial charge >= 0.3 is 6.09 Å². The van der Waals surface area contributed by atoms with E-state index in [9.17, 15) is 13.6 Å². The van der Waals surface area contributed by atoms with Crippen LogP contribution < -0.4 is 5.32 Å². The van der Waals surface area contributed by atoms with Crippen molar-refractivity contribution in [2.75, 3.05) is 5.32 Å². The largest absolute Gasteiger partial charge is 0.444 e. The van der Waals surface area contributed by atoms with E-state index in [-0.39, 0.29) is 12.2 Å². The number of hydrogen-bond acceptors (Lipinski definition) is 3. The molecule has 6 heteroatoms. The zero-order valence-electron chi connectivity index (χ0n) is 11.0. The number of halogens is 2. The van der Waals surface area contributed by atoms with Crippen molar-refractivity contribution >= 4 is 11.8 Å². The summed E-state index contributed by atoms with van der Waals surface area (Å²) in [5, 5.41) is 11.2. The van der Waals surface area contributed by atoms with Crippen molar-refractivity contribution in [1.29, 1.82) is 0 Å². The molecule has 2 rings (SSSR count). The van der Waals surface area contributed by atoms with Crippen LogP contribution in [-0.2, 0) is 18.0 Å². The second-order valence-corrected chi connectivity index (χ2v) is 4.24. The molecule has 0 aliphatic rings. The van der Waals surface area contributed by atoms with Gasteiger partial charge in [-0.2, -0.15) is 0 Å². The quantitative estimate of drug-likeness (QED) is 0.910. The molecule has 0 aliphatic heterocycles. The Morgan fingerprint density at radius 3 is 2.52 bits per heavy atom. The summed E-state index contributed by atoms with van der Waals surface area (Å²) in [6, 6.07) is 11.0. The molecule has 110 valence electrons. The van der Waals surface area contributed by atoms with E-state index in [0.717, 1.165) is 11.6 Å². The number of benzene rings is 2. The number of hydrogen-bond donors (Lipinski definition) is 2. The van der Waals surface area contributed by atoms with E-state index in [1.165, 1.54) is 6.07 Å². The molecule has 1 amide bonds. The molecule has 4 nitrogen and oxygen atoms in total. The predicted molar refractivity (Wildman–Crippen MR) is 72.5 cm³/mol. The van der Waals surface area contributed by atoms with Gasteiger partial charge in [-0.3, -0.25) is 5.32 Å². The van der Waals surface area contributed by atoms with Gasteiger partial charge in [-0.25, -0.2) is 13.6 Å². The average Bonchev–Trinajstić information content (AvgIpc) is 2.51. The smallest absolute Gasteiger partial charge is 0.412 e. The van der Waals surface area contributed by atoms with Crippen LogP contribution in [0.4, 0.5) is 19.3 Å². The van der Waals surface area contributed by atoms with Crippen LogP contribution in [0, 0.1) is 11.6 Å². The van der Waals surface area contributed by atoms with Gasteiger partial charge in [0.05, 0.1) is 12.3 Å². The number of rotatable bonds is 4. The van der Waals surface area contributed by atoms with Crippen LogP contribution in [0.5, 0.6) is 0 Å². The topological polar surface area (TPSA) is 58.6 Å². The second kappa shape index (κ2) is 6.81. The average molecular weight is 293 g/mol. The third kappa shape index (κ3) is 3.76. The predicted octanol–water partition coefficient (Wildman–Crippen LogP) is 3.21. The van der Waals surface area contributed by atoms with Gasteiger partial charge in [0, 0.05) is 5.56 Å². The molecule has 0 spiro atoms. The molecular weight excluding hydrogens is 280 g/mol. The van der Waals surface area contributed by atoms with Gasteiger partial charge in [0.15, 0.2) is 11.6 Å². The molecule has 21 heavy (non-hydrogen) atoms. The summed E-state index contributed by atoms with van der Waals surface area (Å²) < 4.78 is 31.7. The summed E-state index contributed by atoms with van der Waals surface area (Å²) in [6.07, 6.45) is -0.932. The Balaban J connectivity index is 2.04. The molecule has 2 aromatic rings. The highest BCUT2D eigenvalue weighted by atomic mass is 19.2. The summed E-state index contributed by atoms with van der Waals surface area (Å²) in [5.41, 5.74) is 0.399. The van der Waals surface area contributed by atoms with Gasteiger partial charge in [0.2, 0.25) is 0 Å². The van der Waals surface area contributed by atoms with E-state index in [4.69, 9.17) is 9.84 Å². The van der Waals surface area contributed by atoms with Crippen molar-refractivity contribution in [2.45, 2.75) is 13.2 Å². The molecule has 2 N–H and O–H groups in total. The lowest BCUT2D eigenvalue weighted by Gasteiger charge is -2.11. The fourth-order valence-electron chi connectivity index (χ4n) is 1.72. The van der Waals surface area contributed by atoms with Gasteiger partial charge in [0.25, 0.3) is 0 Å². The number of aliphatic hydroxyl groups excluding tert-OH is 1. The first-order chi connectivity index (χ1) is 10.1. The highest BCUT2D eigenvalue weighted by Crippen LogP contribution is 2.23. The van der Waals surface area contributed by atoms with E-state index in [2.05, 4.69) is 5.32 Å². The standard InChI is InChI=1S/C15H13F2NO3/c16-12-7-6-11(8-19)14(13(12)17)18-15(20)21-9-10-4-2-1-3-5-10/h1-7,19H,8-9H2,(H,18,20). The zero-order chi connectivity index (χ0) is 15.2. The summed E-state index contributed by atoms with van der Waals surface area (Å²) in [6.45, 7) is -0.538. The van der Waals surface area contributed by atoms with Crippen LogP contribution in [-0.4, -0.2) is 11.2 Å². The van der Waals surface area contributed by atoms with Gasteiger partial charge in [-0.1, -0.05) is 36.4 Å². The molecule has 0 radical (unpaired) electrons. The molecular formula is C15H13F2NO3. The van der Waals surface area contributed by atoms with Crippen molar-refractivity contribution in [3.8, 4) is 0 Å². The summed E-state index contributed by atoms with van der Waals surface area (Å²) in [7, 11) is 0. The first kappa shape index (κ1) is 14.9. The Morgan fingerprint density at radius 2 is 1.86 bits per heavy atom. The number of nitrogens with one attached hydrogen (secondary N) is 1. The number of anilines is 1. The first-order valence-corrected chi connectivity index (χ1v) is 6.17. The van der Waals surface area contributed by atoms with Crippen molar-refractivity contribution in [3.63, 3.8) is 0 Å². The normalized spacial score (nSPS) is 10.2. The zero-order valence-corrected chi connectivity index (χ0v) is 11.0. The molecule has 0 unspecified atom stereocenters. The minimum atomic E-state index is -1.24. The van der Waals surface area contributed by atoms with Gasteiger partial charge in [-0.05, 0) is 11.6 Å². The van der Waals surface area contributed by atoms with E-state index in [1.54, 1.807) is 24.3 Å². The van der Waals surface area contributed by atoms with E-state index < -0.39 is 30.0 Å². The number of ether oxygens (including phenoxy) is 1. The Bertz CT molecular complexity index is 632. The Kier molecular flexibility index (Phi) is 4.84. The maximum Gasteiger partial charge on any atom is 0.412 e. The number of carbonyl (C=O) groups excluding carboxylic acids is 1. The van der Waals surface area contributed by atoms with Crippen molar-refractivity contribution in [2.24, 2.45) is 0 Å². The molecule has 0 saturated carbocycles. The number of carbonyl (C=O) groups is 1. The third-order valence-corrected chi connectivity index (χ3v) is 2.79. The van der Waals surface area contributed by atoms with Crippen LogP contribution in [0.25, 0.3) is 0 Å². The monoisotopic (exact) mass is 293 g/mol. The van der Waals surface area contributed by atoms with E-state index in [1.807, 2.05) is 6.07 Å². The fourth-order valence-corrected chi connectivity index (χ4v) is 1.72. The summed E-state index contributed by atoms with van der Waals surface area (Å²) in [5.74, 6) is -2.36. The van der Waals surface area contributed by atoms with E-state index >= 15 is 0 Å². The Labute approximate surface area is 120 Å². The maximum atomic E-state index is 13.6. The highest BCUT2D eigenvalue weighted by Gasteiger charge is 2.16. The molecule has 0 atom stereocenters. The first-order valence-electron chi connectivity index (χ1n) is 6.17. The van der Waals surface area contributed by atoms with Crippen LogP contribution in [0.2, 0.25) is 0 Å². The Hall–Kier alpha value is -2.47. The van der Waals surface area contributed by atoms with Crippen molar-refractivity contribution < 1.29 is 23.4 Å². The van der Waals surface area contributed by atoms with Crippen LogP contribution in [0.3, 0.4) is 0 Å². The molecule has 0 saturated heterocycles. The fraction of sp³-hybridized carbons (Fsp3) is 0.133. The summed E-state index contributed by atoms with van der Waals surface area (Å²) >= 11 is 0. The molecule has 2 aromatic carbocycles. The lowest BCUT2D eigenvalue weighted by atomic mass is 10.1. The molecule has 0 aromatic heterocycles. The highest BCUT2D eigenvalue weighted by molar-refractivity contribution is 5.85. The molecule has 0 fully saturated rings. The second-order valence-electron chi connectivity index (χ2n) is 4.24. The van der Waals surface area contributed by atoms with Crippen LogP contribution >= 0.6 is 0 Å². The van der Waals surface area contributed by atoms with Crippen molar-refractivity contribution in [3.05, 3.63) is 65.2 Å². The minimum Gasteiger partial charge on any atom is -0.444 e. The van der Waals surface area contributed by atoms with Gasteiger partial charge in [-0.15, -0.1) is 0 Å².